The van der Waals surface area contributed by atoms with Gasteiger partial charge in [0.15, 0.2) is 0 Å². The molecule has 5 heteroatoms. The van der Waals surface area contributed by atoms with Gasteiger partial charge in [0.25, 0.3) is 0 Å². The molecular weight excluding hydrogens is 209 g/mol. The number of H-pyrrole nitrogens is 1. The third kappa shape index (κ3) is 2.25. The number of hydrogen-bond donors (Lipinski definition) is 2. The Balaban J connectivity index is 2.27. The van der Waals surface area contributed by atoms with E-state index in [9.17, 15) is 9.18 Å². The van der Waals surface area contributed by atoms with Gasteiger partial charge in [0, 0.05) is 18.2 Å². The van der Waals surface area contributed by atoms with Crippen LogP contribution in [0.4, 0.5) is 10.2 Å². The molecule has 1 heterocycles. The fourth-order valence-electron chi connectivity index (χ4n) is 1.40. The van der Waals surface area contributed by atoms with Gasteiger partial charge < -0.3 is 5.73 Å². The zero-order valence-electron chi connectivity index (χ0n) is 8.40. The van der Waals surface area contributed by atoms with E-state index in [1.807, 2.05) is 0 Å². The topological polar surface area (TPSA) is 71.8 Å². The van der Waals surface area contributed by atoms with Crippen LogP contribution >= 0.6 is 0 Å². The molecule has 0 amide bonds. The van der Waals surface area contributed by atoms with Crippen LogP contribution in [0.25, 0.3) is 0 Å². The van der Waals surface area contributed by atoms with Crippen molar-refractivity contribution in [2.75, 3.05) is 5.73 Å². The lowest BCUT2D eigenvalue weighted by Crippen LogP contribution is -2.14. The zero-order chi connectivity index (χ0) is 11.5. The molecule has 0 radical (unpaired) electrons. The molecule has 1 aromatic carbocycles. The molecule has 4 nitrogen and oxygen atoms in total. The molecule has 0 aliphatic rings. The molecule has 0 bridgehead atoms. The van der Waals surface area contributed by atoms with E-state index in [-0.39, 0.29) is 5.82 Å². The number of nitrogens with two attached hydrogens (primary N) is 1. The van der Waals surface area contributed by atoms with Crippen LogP contribution in [0.2, 0.25) is 0 Å². The molecule has 82 valence electrons. The van der Waals surface area contributed by atoms with Crippen molar-refractivity contribution >= 4 is 5.82 Å². The van der Waals surface area contributed by atoms with Crippen molar-refractivity contribution in [1.29, 1.82) is 0 Å². The molecule has 2 aromatic rings. The zero-order valence-corrected chi connectivity index (χ0v) is 8.40. The van der Waals surface area contributed by atoms with Crippen molar-refractivity contribution in [3.63, 3.8) is 0 Å². The molecule has 0 fully saturated rings. The van der Waals surface area contributed by atoms with Gasteiger partial charge in [-0.2, -0.15) is 0 Å². The van der Waals surface area contributed by atoms with Gasteiger partial charge in [-0.25, -0.2) is 14.2 Å². The summed E-state index contributed by atoms with van der Waals surface area (Å²) in [5, 5.41) is 0. The lowest BCUT2D eigenvalue weighted by molar-refractivity contribution is 0.627. The number of rotatable bonds is 2. The van der Waals surface area contributed by atoms with Gasteiger partial charge in [-0.3, -0.25) is 4.98 Å². The summed E-state index contributed by atoms with van der Waals surface area (Å²) in [6.45, 7) is 0. The average Bonchev–Trinajstić information content (AvgIpc) is 2.25. The number of aromatic amines is 1. The van der Waals surface area contributed by atoms with E-state index in [1.54, 1.807) is 12.1 Å². The van der Waals surface area contributed by atoms with E-state index in [1.165, 1.54) is 18.3 Å². The van der Waals surface area contributed by atoms with Gasteiger partial charge in [-0.05, 0) is 17.7 Å². The predicted molar refractivity (Wildman–Crippen MR) is 58.5 cm³/mol. The van der Waals surface area contributed by atoms with Crippen LogP contribution in [0.5, 0.6) is 0 Å². The molecule has 0 saturated carbocycles. The quantitative estimate of drug-likeness (QED) is 0.793. The molecule has 0 spiro atoms. The lowest BCUT2D eigenvalue weighted by atomic mass is 10.1. The van der Waals surface area contributed by atoms with Gasteiger partial charge in [-0.15, -0.1) is 0 Å². The first-order valence-corrected chi connectivity index (χ1v) is 4.73. The smallest absolute Gasteiger partial charge is 0.346 e. The number of hydrogen-bond acceptors (Lipinski definition) is 3. The van der Waals surface area contributed by atoms with E-state index >= 15 is 0 Å². The van der Waals surface area contributed by atoms with Crippen molar-refractivity contribution in [1.82, 2.24) is 9.97 Å². The highest BCUT2D eigenvalue weighted by Crippen LogP contribution is 2.12. The maximum atomic E-state index is 12.7. The Hall–Kier alpha value is -2.17. The SMILES string of the molecule is Nc1[nH]c(=O)ncc1Cc1ccc(F)cc1. The fourth-order valence-corrected chi connectivity index (χ4v) is 1.40. The summed E-state index contributed by atoms with van der Waals surface area (Å²) in [6.07, 6.45) is 1.94. The average molecular weight is 219 g/mol. The fraction of sp³-hybridized carbons (Fsp3) is 0.0909. The number of aromatic nitrogens is 2. The summed E-state index contributed by atoms with van der Waals surface area (Å²) in [4.78, 5) is 16.8. The summed E-state index contributed by atoms with van der Waals surface area (Å²) in [6, 6.07) is 6.09. The van der Waals surface area contributed by atoms with Gasteiger partial charge in [0.1, 0.15) is 11.6 Å². The highest BCUT2D eigenvalue weighted by Gasteiger charge is 2.02. The largest absolute Gasteiger partial charge is 0.385 e. The normalized spacial score (nSPS) is 10.3. The molecule has 0 aliphatic carbocycles. The van der Waals surface area contributed by atoms with Crippen LogP contribution in [-0.4, -0.2) is 9.97 Å². The maximum Gasteiger partial charge on any atom is 0.346 e. The number of halogens is 1. The molecule has 1 aromatic heterocycles. The number of benzene rings is 1. The maximum absolute atomic E-state index is 12.7. The van der Waals surface area contributed by atoms with Gasteiger partial charge in [-0.1, -0.05) is 12.1 Å². The standard InChI is InChI=1S/C11H10FN3O/c12-9-3-1-7(2-4-9)5-8-6-14-11(16)15-10(8)13/h1-4,6H,5H2,(H3,13,14,15,16). The van der Waals surface area contributed by atoms with Gasteiger partial charge in [0.2, 0.25) is 0 Å². The summed E-state index contributed by atoms with van der Waals surface area (Å²) < 4.78 is 12.7. The minimum absolute atomic E-state index is 0.281. The van der Waals surface area contributed by atoms with E-state index < -0.39 is 5.69 Å². The first-order valence-electron chi connectivity index (χ1n) is 4.73. The summed E-state index contributed by atoms with van der Waals surface area (Å²) in [5.74, 6) is 0.0145. The van der Waals surface area contributed by atoms with E-state index in [0.717, 1.165) is 5.56 Å². The highest BCUT2D eigenvalue weighted by atomic mass is 19.1. The number of nitrogens with one attached hydrogen (secondary N) is 1. The Morgan fingerprint density at radius 1 is 1.31 bits per heavy atom. The summed E-state index contributed by atoms with van der Waals surface area (Å²) >= 11 is 0. The Morgan fingerprint density at radius 2 is 2.00 bits per heavy atom. The number of anilines is 1. The second kappa shape index (κ2) is 4.14. The van der Waals surface area contributed by atoms with Crippen LogP contribution in [0, 0.1) is 5.82 Å². The van der Waals surface area contributed by atoms with Crippen molar-refractivity contribution < 1.29 is 4.39 Å². The molecule has 0 aliphatic heterocycles. The van der Waals surface area contributed by atoms with Crippen LogP contribution < -0.4 is 11.4 Å². The van der Waals surface area contributed by atoms with Crippen LogP contribution in [0.3, 0.4) is 0 Å². The number of nitrogens with zero attached hydrogens (tertiary/aromatic N) is 1. The molecule has 0 saturated heterocycles. The van der Waals surface area contributed by atoms with Gasteiger partial charge in [0.05, 0.1) is 0 Å². The van der Waals surface area contributed by atoms with E-state index in [0.29, 0.717) is 17.8 Å². The Labute approximate surface area is 91.0 Å². The van der Waals surface area contributed by atoms with E-state index in [4.69, 9.17) is 5.73 Å². The van der Waals surface area contributed by atoms with Gasteiger partial charge >= 0.3 is 5.69 Å². The Kier molecular flexibility index (Phi) is 2.68. The Morgan fingerprint density at radius 3 is 2.62 bits per heavy atom. The third-order valence-electron chi connectivity index (χ3n) is 2.23. The van der Waals surface area contributed by atoms with Crippen LogP contribution in [-0.2, 0) is 6.42 Å². The minimum atomic E-state index is -0.472. The molecule has 0 atom stereocenters. The Bertz CT molecular complexity index is 548. The number of nitrogen functional groups attached to an aromatic ring is 1. The van der Waals surface area contributed by atoms with Crippen molar-refractivity contribution in [3.8, 4) is 0 Å². The second-order valence-corrected chi connectivity index (χ2v) is 3.43. The first kappa shape index (κ1) is 10.4. The highest BCUT2D eigenvalue weighted by molar-refractivity contribution is 5.40. The van der Waals surface area contributed by atoms with Crippen molar-refractivity contribution in [3.05, 3.63) is 57.9 Å². The third-order valence-corrected chi connectivity index (χ3v) is 2.23. The molecule has 3 N–H and O–H groups in total. The van der Waals surface area contributed by atoms with Crippen molar-refractivity contribution in [2.45, 2.75) is 6.42 Å². The summed E-state index contributed by atoms with van der Waals surface area (Å²) in [7, 11) is 0. The van der Waals surface area contributed by atoms with Crippen LogP contribution in [0.15, 0.2) is 35.3 Å². The van der Waals surface area contributed by atoms with Crippen molar-refractivity contribution in [2.24, 2.45) is 0 Å². The predicted octanol–water partition coefficient (Wildman–Crippen LogP) is 1.08. The summed E-state index contributed by atoms with van der Waals surface area (Å²) in [5.41, 5.74) is 6.78. The monoisotopic (exact) mass is 219 g/mol. The minimum Gasteiger partial charge on any atom is -0.385 e. The molecule has 0 unspecified atom stereocenters. The molecule has 16 heavy (non-hydrogen) atoms. The lowest BCUT2D eigenvalue weighted by Gasteiger charge is -2.04. The molecule has 2 rings (SSSR count). The van der Waals surface area contributed by atoms with E-state index in [2.05, 4.69) is 9.97 Å². The first-order chi connectivity index (χ1) is 7.65. The van der Waals surface area contributed by atoms with Crippen LogP contribution in [0.1, 0.15) is 11.1 Å². The molecular formula is C11H10FN3O. The second-order valence-electron chi connectivity index (χ2n) is 3.43.